The number of aromatic hydroxyl groups is 1. The largest absolute Gasteiger partial charge is 0.506 e. The van der Waals surface area contributed by atoms with Gasteiger partial charge in [-0.05, 0) is 18.2 Å². The molecule has 0 amide bonds. The Morgan fingerprint density at radius 1 is 1.15 bits per heavy atom. The van der Waals surface area contributed by atoms with Crippen LogP contribution in [0.1, 0.15) is 0 Å². The van der Waals surface area contributed by atoms with Gasteiger partial charge in [0.05, 0.1) is 6.20 Å². The summed E-state index contributed by atoms with van der Waals surface area (Å²) in [5.41, 5.74) is 0. The lowest BCUT2D eigenvalue weighted by molar-refractivity contribution is 0.479. The van der Waals surface area contributed by atoms with Crippen LogP contribution in [0.4, 0.5) is 0 Å². The highest BCUT2D eigenvalue weighted by atomic mass is 35.5. The van der Waals surface area contributed by atoms with E-state index in [-0.39, 0.29) is 5.75 Å². The fourth-order valence-electron chi connectivity index (χ4n) is 1.17. The third-order valence-corrected chi connectivity index (χ3v) is 2.32. The summed E-state index contributed by atoms with van der Waals surface area (Å²) in [6, 6.07) is 5.08. The minimum absolute atomic E-state index is 0.107. The molecule has 0 spiro atoms. The summed E-state index contributed by atoms with van der Waals surface area (Å²) in [5.74, 6) is 0.107. The van der Waals surface area contributed by atoms with Crippen molar-refractivity contribution < 1.29 is 5.11 Å². The molecule has 66 valence electrons. The molecule has 0 aliphatic rings. The van der Waals surface area contributed by atoms with E-state index in [0.717, 1.165) is 0 Å². The van der Waals surface area contributed by atoms with E-state index in [1.807, 2.05) is 0 Å². The maximum absolute atomic E-state index is 9.42. The van der Waals surface area contributed by atoms with Gasteiger partial charge in [-0.1, -0.05) is 23.2 Å². The third kappa shape index (κ3) is 1.43. The highest BCUT2D eigenvalue weighted by molar-refractivity contribution is 6.36. The van der Waals surface area contributed by atoms with Crippen LogP contribution in [0.25, 0.3) is 10.8 Å². The van der Waals surface area contributed by atoms with Crippen molar-refractivity contribution in [1.82, 2.24) is 4.98 Å². The zero-order valence-corrected chi connectivity index (χ0v) is 7.97. The van der Waals surface area contributed by atoms with Crippen molar-refractivity contribution >= 4 is 34.0 Å². The second-order valence-corrected chi connectivity index (χ2v) is 3.42. The Kier molecular flexibility index (Phi) is 2.02. The highest BCUT2D eigenvalue weighted by Crippen LogP contribution is 2.30. The summed E-state index contributed by atoms with van der Waals surface area (Å²) in [5, 5.41) is 11.7. The van der Waals surface area contributed by atoms with Crippen LogP contribution in [0.5, 0.6) is 5.75 Å². The summed E-state index contributed by atoms with van der Waals surface area (Å²) in [6.07, 6.45) is 1.32. The molecule has 0 aliphatic heterocycles. The van der Waals surface area contributed by atoms with Gasteiger partial charge >= 0.3 is 0 Å². The Morgan fingerprint density at radius 2 is 1.92 bits per heavy atom. The molecule has 0 radical (unpaired) electrons. The van der Waals surface area contributed by atoms with Gasteiger partial charge in [-0.2, -0.15) is 0 Å². The van der Waals surface area contributed by atoms with E-state index >= 15 is 0 Å². The Morgan fingerprint density at radius 3 is 2.69 bits per heavy atom. The zero-order valence-electron chi connectivity index (χ0n) is 6.46. The van der Waals surface area contributed by atoms with Crippen LogP contribution in [0, 0.1) is 0 Å². The molecular weight excluding hydrogens is 209 g/mol. The van der Waals surface area contributed by atoms with Gasteiger partial charge in [0.2, 0.25) is 0 Å². The lowest BCUT2D eigenvalue weighted by Crippen LogP contribution is -1.80. The lowest BCUT2D eigenvalue weighted by Gasteiger charge is -2.01. The number of hydrogen-bond acceptors (Lipinski definition) is 2. The van der Waals surface area contributed by atoms with Crippen molar-refractivity contribution in [2.75, 3.05) is 0 Å². The van der Waals surface area contributed by atoms with Gasteiger partial charge in [-0.15, -0.1) is 0 Å². The Bertz CT molecular complexity index is 470. The molecule has 2 aromatic rings. The van der Waals surface area contributed by atoms with Crippen molar-refractivity contribution in [2.45, 2.75) is 0 Å². The number of benzene rings is 1. The quantitative estimate of drug-likeness (QED) is 0.682. The smallest absolute Gasteiger partial charge is 0.141 e. The third-order valence-electron chi connectivity index (χ3n) is 1.78. The zero-order chi connectivity index (χ0) is 9.42. The van der Waals surface area contributed by atoms with Crippen LogP contribution in [0.2, 0.25) is 10.2 Å². The first-order valence-electron chi connectivity index (χ1n) is 3.61. The van der Waals surface area contributed by atoms with Crippen molar-refractivity contribution in [1.29, 1.82) is 0 Å². The Labute approximate surface area is 84.7 Å². The number of pyridine rings is 1. The van der Waals surface area contributed by atoms with Crippen LogP contribution in [-0.4, -0.2) is 10.1 Å². The first-order valence-corrected chi connectivity index (χ1v) is 4.37. The maximum atomic E-state index is 9.42. The number of hydrogen-bond donors (Lipinski definition) is 1. The summed E-state index contributed by atoms with van der Waals surface area (Å²) in [4.78, 5) is 3.80. The molecule has 4 heteroatoms. The van der Waals surface area contributed by atoms with Gasteiger partial charge in [0.1, 0.15) is 10.9 Å². The predicted octanol–water partition coefficient (Wildman–Crippen LogP) is 3.25. The molecule has 1 N–H and O–H groups in total. The van der Waals surface area contributed by atoms with Gasteiger partial charge in [-0.25, -0.2) is 4.98 Å². The molecule has 1 aromatic carbocycles. The molecule has 2 nitrogen and oxygen atoms in total. The molecule has 13 heavy (non-hydrogen) atoms. The van der Waals surface area contributed by atoms with E-state index in [2.05, 4.69) is 4.98 Å². The second-order valence-electron chi connectivity index (χ2n) is 2.62. The first kappa shape index (κ1) is 8.60. The van der Waals surface area contributed by atoms with Crippen LogP contribution in [0.15, 0.2) is 24.4 Å². The maximum Gasteiger partial charge on any atom is 0.141 e. The van der Waals surface area contributed by atoms with Crippen molar-refractivity contribution in [2.24, 2.45) is 0 Å². The summed E-state index contributed by atoms with van der Waals surface area (Å²) >= 11 is 11.6. The normalized spacial score (nSPS) is 10.6. The standard InChI is InChI=1S/C9H5Cl2NO/c10-5-1-2-6-7(3-5)9(11)12-4-8(6)13/h1-4,13H. The van der Waals surface area contributed by atoms with Gasteiger partial charge < -0.3 is 5.11 Å². The number of fused-ring (bicyclic) bond motifs is 1. The average molecular weight is 214 g/mol. The lowest BCUT2D eigenvalue weighted by atomic mass is 10.2. The Balaban J connectivity index is 2.92. The fraction of sp³-hybridized carbons (Fsp3) is 0. The summed E-state index contributed by atoms with van der Waals surface area (Å²) < 4.78 is 0. The van der Waals surface area contributed by atoms with Gasteiger partial charge in [0, 0.05) is 15.8 Å². The van der Waals surface area contributed by atoms with Gasteiger partial charge in [0.15, 0.2) is 0 Å². The van der Waals surface area contributed by atoms with E-state index in [4.69, 9.17) is 23.2 Å². The molecule has 0 bridgehead atoms. The van der Waals surface area contributed by atoms with E-state index in [1.165, 1.54) is 6.20 Å². The fourth-order valence-corrected chi connectivity index (χ4v) is 1.54. The first-order chi connectivity index (χ1) is 6.18. The van der Waals surface area contributed by atoms with Crippen LogP contribution in [0.3, 0.4) is 0 Å². The highest BCUT2D eigenvalue weighted by Gasteiger charge is 2.04. The van der Waals surface area contributed by atoms with Crippen molar-refractivity contribution in [3.63, 3.8) is 0 Å². The summed E-state index contributed by atoms with van der Waals surface area (Å²) in [7, 11) is 0. The SMILES string of the molecule is Oc1cnc(Cl)c2cc(Cl)ccc12. The number of nitrogens with zero attached hydrogens (tertiary/aromatic N) is 1. The van der Waals surface area contributed by atoms with E-state index in [0.29, 0.717) is 20.9 Å². The Hall–Kier alpha value is -0.990. The molecule has 1 aromatic heterocycles. The number of aromatic nitrogens is 1. The molecule has 0 fully saturated rings. The van der Waals surface area contributed by atoms with Gasteiger partial charge in [0.25, 0.3) is 0 Å². The van der Waals surface area contributed by atoms with E-state index in [9.17, 15) is 5.11 Å². The average Bonchev–Trinajstić information content (AvgIpc) is 2.12. The van der Waals surface area contributed by atoms with Gasteiger partial charge in [-0.3, -0.25) is 0 Å². The van der Waals surface area contributed by atoms with E-state index in [1.54, 1.807) is 18.2 Å². The molecule has 2 rings (SSSR count). The molecule has 0 aliphatic carbocycles. The molecule has 1 heterocycles. The molecular formula is C9H5Cl2NO. The summed E-state index contributed by atoms with van der Waals surface area (Å²) in [6.45, 7) is 0. The minimum atomic E-state index is 0.107. The molecule has 0 saturated carbocycles. The molecule has 0 atom stereocenters. The monoisotopic (exact) mass is 213 g/mol. The topological polar surface area (TPSA) is 33.1 Å². The molecule has 0 saturated heterocycles. The minimum Gasteiger partial charge on any atom is -0.506 e. The van der Waals surface area contributed by atoms with Crippen molar-refractivity contribution in [3.05, 3.63) is 34.6 Å². The molecule has 0 unspecified atom stereocenters. The number of halogens is 2. The van der Waals surface area contributed by atoms with Crippen molar-refractivity contribution in [3.8, 4) is 5.75 Å². The predicted molar refractivity (Wildman–Crippen MR) is 53.4 cm³/mol. The van der Waals surface area contributed by atoms with E-state index < -0.39 is 0 Å². The van der Waals surface area contributed by atoms with Crippen LogP contribution >= 0.6 is 23.2 Å². The van der Waals surface area contributed by atoms with Crippen LogP contribution in [-0.2, 0) is 0 Å². The van der Waals surface area contributed by atoms with Crippen LogP contribution < -0.4 is 0 Å². The number of rotatable bonds is 0. The second kappa shape index (κ2) is 3.05.